The van der Waals surface area contributed by atoms with Gasteiger partial charge in [0, 0.05) is 6.54 Å². The van der Waals surface area contributed by atoms with Crippen LogP contribution in [0.5, 0.6) is 0 Å². The van der Waals surface area contributed by atoms with E-state index in [1.165, 1.54) is 19.8 Å². The number of rotatable bonds is 4. The van der Waals surface area contributed by atoms with Crippen LogP contribution in [-0.4, -0.2) is 49.7 Å². The fourth-order valence-corrected chi connectivity index (χ4v) is 3.37. The summed E-state index contributed by atoms with van der Waals surface area (Å²) >= 11 is 0. The Morgan fingerprint density at radius 2 is 1.83 bits per heavy atom. The molecular formula is C18H29NO4. The lowest BCUT2D eigenvalue weighted by molar-refractivity contribution is -0.139. The van der Waals surface area contributed by atoms with E-state index in [9.17, 15) is 9.59 Å². The maximum Gasteiger partial charge on any atom is 0.336 e. The molecule has 0 aromatic heterocycles. The molecule has 0 radical (unpaired) electrons. The van der Waals surface area contributed by atoms with E-state index in [1.807, 2.05) is 13.8 Å². The molecule has 2 rings (SSSR count). The summed E-state index contributed by atoms with van der Waals surface area (Å²) in [6.45, 7) is 9.45. The maximum atomic E-state index is 12.3. The molecule has 0 bridgehead atoms. The van der Waals surface area contributed by atoms with E-state index < -0.39 is 17.5 Å². The van der Waals surface area contributed by atoms with Crippen molar-refractivity contribution in [1.82, 2.24) is 4.90 Å². The molecule has 2 aliphatic rings. The number of hydrogen-bond acceptors (Lipinski definition) is 5. The highest BCUT2D eigenvalue weighted by atomic mass is 16.5. The molecule has 1 unspecified atom stereocenters. The van der Waals surface area contributed by atoms with Crippen molar-refractivity contribution in [1.29, 1.82) is 0 Å². The van der Waals surface area contributed by atoms with Gasteiger partial charge in [-0.05, 0) is 32.7 Å². The Hall–Kier alpha value is -1.62. The summed E-state index contributed by atoms with van der Waals surface area (Å²) in [5.74, 6) is -0.869. The van der Waals surface area contributed by atoms with Crippen molar-refractivity contribution in [2.24, 2.45) is 0 Å². The van der Waals surface area contributed by atoms with Crippen LogP contribution in [0, 0.1) is 0 Å². The Bertz CT molecular complexity index is 521. The highest BCUT2D eigenvalue weighted by Crippen LogP contribution is 2.45. The topological polar surface area (TPSA) is 55.8 Å². The van der Waals surface area contributed by atoms with Gasteiger partial charge in [0.25, 0.3) is 0 Å². The molecule has 2 heterocycles. The third-order valence-corrected chi connectivity index (χ3v) is 4.50. The zero-order valence-electron chi connectivity index (χ0n) is 15.2. The minimum atomic E-state index is -0.503. The molecule has 1 saturated heterocycles. The predicted molar refractivity (Wildman–Crippen MR) is 90.0 cm³/mol. The lowest BCUT2D eigenvalue weighted by Crippen LogP contribution is -2.41. The number of methoxy groups -OCH3 is 2. The molecule has 0 amide bonds. The Morgan fingerprint density at radius 1 is 1.22 bits per heavy atom. The van der Waals surface area contributed by atoms with E-state index in [-0.39, 0.29) is 0 Å². The number of nitrogens with zero attached hydrogens (tertiary/aromatic N) is 1. The molecule has 0 N–H and O–H groups in total. The zero-order chi connectivity index (χ0) is 17.6. The molecular weight excluding hydrogens is 294 g/mol. The Morgan fingerprint density at radius 3 is 2.35 bits per heavy atom. The monoisotopic (exact) mass is 323 g/mol. The summed E-state index contributed by atoms with van der Waals surface area (Å²) < 4.78 is 9.80. The zero-order valence-corrected chi connectivity index (χ0v) is 15.2. The van der Waals surface area contributed by atoms with Crippen molar-refractivity contribution in [3.8, 4) is 0 Å². The molecule has 0 spiro atoms. The van der Waals surface area contributed by atoms with Gasteiger partial charge in [-0.15, -0.1) is 0 Å². The smallest absolute Gasteiger partial charge is 0.336 e. The molecule has 1 atom stereocenters. The number of fused-ring (bicyclic) bond motifs is 1. The number of allylic oxidation sites excluding steroid dienone is 1. The summed E-state index contributed by atoms with van der Waals surface area (Å²) in [6.07, 6.45) is 4.87. The summed E-state index contributed by atoms with van der Waals surface area (Å²) in [7, 11) is 2.69. The van der Waals surface area contributed by atoms with Crippen LogP contribution in [0.4, 0.5) is 0 Å². The average Bonchev–Trinajstić information content (AvgIpc) is 3.10. The van der Waals surface area contributed by atoms with Crippen molar-refractivity contribution in [3.63, 3.8) is 0 Å². The second kappa shape index (κ2) is 8.29. The minimum absolute atomic E-state index is 0.431. The van der Waals surface area contributed by atoms with Gasteiger partial charge in [0.1, 0.15) is 0 Å². The summed E-state index contributed by atoms with van der Waals surface area (Å²) in [5.41, 5.74) is 1.59. The minimum Gasteiger partial charge on any atom is -0.466 e. The number of hydrogen-bond donors (Lipinski definition) is 0. The highest BCUT2D eigenvalue weighted by molar-refractivity contribution is 6.04. The van der Waals surface area contributed by atoms with E-state index in [4.69, 9.17) is 9.47 Å². The number of carbonyl (C=O) groups is 2. The van der Waals surface area contributed by atoms with Crippen molar-refractivity contribution < 1.29 is 19.1 Å². The number of esters is 2. The van der Waals surface area contributed by atoms with Gasteiger partial charge in [0.05, 0.1) is 30.9 Å². The Kier molecular flexibility index (Phi) is 7.01. The first-order chi connectivity index (χ1) is 11.0. The molecule has 5 heteroatoms. The van der Waals surface area contributed by atoms with Gasteiger partial charge in [-0.2, -0.15) is 0 Å². The van der Waals surface area contributed by atoms with Crippen molar-refractivity contribution in [2.45, 2.75) is 52.5 Å². The lowest BCUT2D eigenvalue weighted by atomic mass is 9.85. The van der Waals surface area contributed by atoms with Crippen LogP contribution >= 0.6 is 0 Å². The molecule has 5 nitrogen and oxygen atoms in total. The van der Waals surface area contributed by atoms with Crippen molar-refractivity contribution in [3.05, 3.63) is 22.8 Å². The second-order valence-corrected chi connectivity index (χ2v) is 5.63. The van der Waals surface area contributed by atoms with E-state index in [1.54, 1.807) is 0 Å². The van der Waals surface area contributed by atoms with E-state index in [0.29, 0.717) is 17.7 Å². The SMILES string of the molecule is CC.CC/C(C)=C/C12CCCN1CC(C(=O)OC)=C2C(=O)OC. The molecule has 130 valence electrons. The molecule has 0 saturated carbocycles. The second-order valence-electron chi connectivity index (χ2n) is 5.63. The van der Waals surface area contributed by atoms with Gasteiger partial charge >= 0.3 is 11.9 Å². The summed E-state index contributed by atoms with van der Waals surface area (Å²) in [5, 5.41) is 0. The third-order valence-electron chi connectivity index (χ3n) is 4.50. The quantitative estimate of drug-likeness (QED) is 0.588. The van der Waals surface area contributed by atoms with Crippen LogP contribution in [0.25, 0.3) is 0 Å². The van der Waals surface area contributed by atoms with Gasteiger partial charge in [-0.1, -0.05) is 32.4 Å². The maximum absolute atomic E-state index is 12.3. The van der Waals surface area contributed by atoms with Gasteiger partial charge in [0.2, 0.25) is 0 Å². The fourth-order valence-electron chi connectivity index (χ4n) is 3.37. The van der Waals surface area contributed by atoms with Crippen LogP contribution in [0.1, 0.15) is 47.0 Å². The first-order valence-corrected chi connectivity index (χ1v) is 8.33. The molecule has 0 aromatic rings. The van der Waals surface area contributed by atoms with E-state index >= 15 is 0 Å². The standard InChI is InChI=1S/C16H23NO4.C2H6/c1-5-11(2)9-16-7-6-8-17(16)10-12(14(18)20-3)13(16)15(19)21-4;1-2/h9H,5-8,10H2,1-4H3;1-2H3/b11-9+;. The summed E-state index contributed by atoms with van der Waals surface area (Å²) in [4.78, 5) is 26.5. The Balaban J connectivity index is 0.00000127. The normalized spacial score (nSPS) is 24.0. The van der Waals surface area contributed by atoms with Gasteiger partial charge in [0.15, 0.2) is 0 Å². The van der Waals surface area contributed by atoms with Crippen molar-refractivity contribution >= 4 is 11.9 Å². The number of carbonyl (C=O) groups excluding carboxylic acids is 2. The van der Waals surface area contributed by atoms with Gasteiger partial charge < -0.3 is 9.47 Å². The van der Waals surface area contributed by atoms with Gasteiger partial charge in [-0.3, -0.25) is 4.90 Å². The lowest BCUT2D eigenvalue weighted by Gasteiger charge is -2.31. The predicted octanol–water partition coefficient (Wildman–Crippen LogP) is 2.86. The third kappa shape index (κ3) is 3.50. The summed E-state index contributed by atoms with van der Waals surface area (Å²) in [6, 6.07) is 0. The first kappa shape index (κ1) is 19.4. The number of ether oxygens (including phenoxy) is 2. The van der Waals surface area contributed by atoms with Crippen LogP contribution in [0.3, 0.4) is 0 Å². The van der Waals surface area contributed by atoms with Crippen LogP contribution in [-0.2, 0) is 19.1 Å². The average molecular weight is 323 g/mol. The van der Waals surface area contributed by atoms with Gasteiger partial charge in [-0.25, -0.2) is 9.59 Å². The van der Waals surface area contributed by atoms with E-state index in [2.05, 4.69) is 24.8 Å². The van der Waals surface area contributed by atoms with Crippen LogP contribution in [0.15, 0.2) is 22.8 Å². The first-order valence-electron chi connectivity index (χ1n) is 8.33. The molecule has 23 heavy (non-hydrogen) atoms. The molecule has 0 aliphatic carbocycles. The highest BCUT2D eigenvalue weighted by Gasteiger charge is 2.53. The van der Waals surface area contributed by atoms with E-state index in [0.717, 1.165) is 25.8 Å². The van der Waals surface area contributed by atoms with Crippen LogP contribution in [0.2, 0.25) is 0 Å². The Labute approximate surface area is 139 Å². The molecule has 2 aliphatic heterocycles. The molecule has 1 fully saturated rings. The largest absolute Gasteiger partial charge is 0.466 e. The fraction of sp³-hybridized carbons (Fsp3) is 0.667. The van der Waals surface area contributed by atoms with Crippen molar-refractivity contribution in [2.75, 3.05) is 27.3 Å². The van der Waals surface area contributed by atoms with Crippen LogP contribution < -0.4 is 0 Å². The molecule has 0 aromatic carbocycles.